The highest BCUT2D eigenvalue weighted by atomic mass is 16.5. The molecule has 1 fully saturated rings. The smallest absolute Gasteiger partial charge is 0.245 e. The minimum atomic E-state index is -1.04. The summed E-state index contributed by atoms with van der Waals surface area (Å²) in [5, 5.41) is 11.3. The fourth-order valence-electron chi connectivity index (χ4n) is 5.07. The number of nitrogens with one attached hydrogen (secondary N) is 4. The number of nitrogens with zero attached hydrogens (tertiary/aromatic N) is 1. The van der Waals surface area contributed by atoms with Crippen LogP contribution in [0.4, 0.5) is 0 Å². The van der Waals surface area contributed by atoms with Crippen molar-refractivity contribution in [2.24, 2.45) is 5.92 Å². The second kappa shape index (κ2) is 16.2. The highest BCUT2D eigenvalue weighted by Crippen LogP contribution is 2.19. The lowest BCUT2D eigenvalue weighted by Gasteiger charge is -2.30. The number of rotatable bonds is 6. The molecule has 0 bridgehead atoms. The number of likely N-dealkylation sites (N-methyl/N-ethyl adjacent to an activating group) is 1. The summed E-state index contributed by atoms with van der Waals surface area (Å²) < 4.78 is 5.91. The molecule has 0 aromatic heterocycles. The van der Waals surface area contributed by atoms with Crippen LogP contribution >= 0.6 is 0 Å². The van der Waals surface area contributed by atoms with Crippen LogP contribution in [0.15, 0.2) is 54.6 Å². The summed E-state index contributed by atoms with van der Waals surface area (Å²) in [5.41, 5.74) is 1.23. The molecular weight excluding hydrogens is 586 g/mol. The summed E-state index contributed by atoms with van der Waals surface area (Å²) >= 11 is 0. The molecule has 2 aromatic carbocycles. The Kier molecular flexibility index (Phi) is 12.7. The Morgan fingerprint density at radius 3 is 2.02 bits per heavy atom. The average molecular weight is 636 g/mol. The van der Waals surface area contributed by atoms with Gasteiger partial charge >= 0.3 is 0 Å². The second-order valence-electron chi connectivity index (χ2n) is 13.2. The summed E-state index contributed by atoms with van der Waals surface area (Å²) in [7, 11) is 1.51. The molecule has 0 spiro atoms. The number of carbonyl (C=O) groups excluding carboxylic acids is 5. The van der Waals surface area contributed by atoms with E-state index in [1.807, 2.05) is 77.1 Å². The van der Waals surface area contributed by atoms with Crippen molar-refractivity contribution in [1.29, 1.82) is 0 Å². The molecule has 0 saturated carbocycles. The summed E-state index contributed by atoms with van der Waals surface area (Å²) in [6.07, 6.45) is 0.791. The highest BCUT2D eigenvalue weighted by molar-refractivity contribution is 5.95. The van der Waals surface area contributed by atoms with E-state index in [-0.39, 0.29) is 49.1 Å². The number of ether oxygens (including phenoxy) is 1. The quantitative estimate of drug-likeness (QED) is 0.384. The second-order valence-corrected chi connectivity index (χ2v) is 13.2. The van der Waals surface area contributed by atoms with Gasteiger partial charge in [0.15, 0.2) is 0 Å². The maximum Gasteiger partial charge on any atom is 0.245 e. The third-order valence-corrected chi connectivity index (χ3v) is 7.77. The van der Waals surface area contributed by atoms with Gasteiger partial charge in [0.05, 0.1) is 0 Å². The standard InChI is InChI=1S/C35H49N5O6/c1-22(2)30-33(44)36-19-11-14-29(41)37-28(21-24-12-9-8-10-13-24)34(45)40(7)23(3)31(42)38-27(32(43)39-30)20-25-15-17-26(18-16-25)46-35(4,5)6/h8-10,12-13,15-18,22-23,27-28,30H,11,14,19-21H2,1-7H3,(H,36,44)(H,37,41)(H,38,42)(H,39,43)/t23-,27-,28-,30-/m0/s1. The van der Waals surface area contributed by atoms with Crippen molar-refractivity contribution >= 4 is 29.5 Å². The fraction of sp³-hybridized carbons (Fsp3) is 0.514. The number of amides is 5. The third kappa shape index (κ3) is 10.9. The van der Waals surface area contributed by atoms with Gasteiger partial charge < -0.3 is 30.9 Å². The van der Waals surface area contributed by atoms with Gasteiger partial charge in [-0.1, -0.05) is 56.3 Å². The first-order chi connectivity index (χ1) is 21.6. The van der Waals surface area contributed by atoms with Crippen LogP contribution in [0.1, 0.15) is 65.5 Å². The van der Waals surface area contributed by atoms with Crippen molar-refractivity contribution in [2.75, 3.05) is 13.6 Å². The molecule has 11 heteroatoms. The Morgan fingerprint density at radius 2 is 1.41 bits per heavy atom. The van der Waals surface area contributed by atoms with Crippen LogP contribution in [-0.4, -0.2) is 77.8 Å². The van der Waals surface area contributed by atoms with E-state index in [0.717, 1.165) is 11.1 Å². The number of hydrogen-bond acceptors (Lipinski definition) is 6. The van der Waals surface area contributed by atoms with Crippen LogP contribution in [-0.2, 0) is 36.8 Å². The normalized spacial score (nSPS) is 22.8. The predicted octanol–water partition coefficient (Wildman–Crippen LogP) is 2.52. The SMILES string of the molecule is CC(C)[C@@H]1NC(=O)[C@H](Cc2ccc(OC(C)(C)C)cc2)NC(=O)[C@H](C)N(C)C(=O)[C@H](Cc2ccccc2)NC(=O)CCCNC1=O. The molecule has 4 atom stereocenters. The van der Waals surface area contributed by atoms with Crippen LogP contribution in [0.3, 0.4) is 0 Å². The first kappa shape index (κ1) is 36.1. The van der Waals surface area contributed by atoms with Crippen LogP contribution < -0.4 is 26.0 Å². The molecule has 5 amide bonds. The largest absolute Gasteiger partial charge is 0.488 e. The highest BCUT2D eigenvalue weighted by Gasteiger charge is 2.33. The molecule has 0 unspecified atom stereocenters. The molecule has 1 heterocycles. The molecule has 0 radical (unpaired) electrons. The Hall–Kier alpha value is -4.41. The number of carbonyl (C=O) groups is 5. The lowest BCUT2D eigenvalue weighted by atomic mass is 10.0. The molecule has 1 saturated heterocycles. The summed E-state index contributed by atoms with van der Waals surface area (Å²) in [4.78, 5) is 68.3. The minimum absolute atomic E-state index is 0.0823. The molecule has 250 valence electrons. The summed E-state index contributed by atoms with van der Waals surface area (Å²) in [6, 6.07) is 12.8. The van der Waals surface area contributed by atoms with E-state index in [0.29, 0.717) is 12.2 Å². The van der Waals surface area contributed by atoms with Crippen LogP contribution in [0, 0.1) is 5.92 Å². The lowest BCUT2D eigenvalue weighted by molar-refractivity contribution is -0.142. The zero-order valence-corrected chi connectivity index (χ0v) is 28.0. The van der Waals surface area contributed by atoms with Crippen LogP contribution in [0.5, 0.6) is 5.75 Å². The number of hydrogen-bond donors (Lipinski definition) is 4. The summed E-state index contributed by atoms with van der Waals surface area (Å²) in [5.74, 6) is -1.82. The first-order valence-corrected chi connectivity index (χ1v) is 15.9. The van der Waals surface area contributed by atoms with Crippen molar-refractivity contribution in [3.05, 3.63) is 65.7 Å². The van der Waals surface area contributed by atoms with Crippen LogP contribution in [0.25, 0.3) is 0 Å². The maximum atomic E-state index is 13.7. The van der Waals surface area contributed by atoms with Gasteiger partial charge in [0, 0.05) is 32.9 Å². The Balaban J connectivity index is 1.92. The predicted molar refractivity (Wildman–Crippen MR) is 176 cm³/mol. The fourth-order valence-corrected chi connectivity index (χ4v) is 5.07. The van der Waals surface area contributed by atoms with Gasteiger partial charge in [-0.25, -0.2) is 0 Å². The van der Waals surface area contributed by atoms with Crippen molar-refractivity contribution < 1.29 is 28.7 Å². The van der Waals surface area contributed by atoms with Gasteiger partial charge in [0.2, 0.25) is 29.5 Å². The van der Waals surface area contributed by atoms with E-state index < -0.39 is 41.9 Å². The Labute approximate surface area is 272 Å². The molecule has 1 aliphatic rings. The van der Waals surface area contributed by atoms with E-state index in [2.05, 4.69) is 21.3 Å². The van der Waals surface area contributed by atoms with Crippen molar-refractivity contribution in [1.82, 2.24) is 26.2 Å². The molecule has 4 N–H and O–H groups in total. The molecule has 0 aliphatic carbocycles. The lowest BCUT2D eigenvalue weighted by Crippen LogP contribution is -2.59. The molecule has 2 aromatic rings. The van der Waals surface area contributed by atoms with Gasteiger partial charge in [-0.05, 0) is 63.3 Å². The molecule has 46 heavy (non-hydrogen) atoms. The average Bonchev–Trinajstić information content (AvgIpc) is 3.00. The monoisotopic (exact) mass is 635 g/mol. The van der Waals surface area contributed by atoms with E-state index in [1.165, 1.54) is 11.9 Å². The molecule has 3 rings (SSSR count). The van der Waals surface area contributed by atoms with E-state index in [9.17, 15) is 24.0 Å². The van der Waals surface area contributed by atoms with E-state index >= 15 is 0 Å². The molecule has 1 aliphatic heterocycles. The zero-order valence-electron chi connectivity index (χ0n) is 28.0. The van der Waals surface area contributed by atoms with Gasteiger partial charge in [0.25, 0.3) is 0 Å². The van der Waals surface area contributed by atoms with Gasteiger partial charge in [-0.3, -0.25) is 24.0 Å². The van der Waals surface area contributed by atoms with Gasteiger partial charge in [-0.15, -0.1) is 0 Å². The van der Waals surface area contributed by atoms with Gasteiger partial charge in [-0.2, -0.15) is 0 Å². The Morgan fingerprint density at radius 1 is 0.804 bits per heavy atom. The van der Waals surface area contributed by atoms with Gasteiger partial charge in [0.1, 0.15) is 35.5 Å². The van der Waals surface area contributed by atoms with Crippen molar-refractivity contribution in [2.45, 2.75) is 97.0 Å². The van der Waals surface area contributed by atoms with E-state index in [1.54, 1.807) is 19.1 Å². The maximum absolute atomic E-state index is 13.7. The summed E-state index contributed by atoms with van der Waals surface area (Å²) in [6.45, 7) is 11.3. The minimum Gasteiger partial charge on any atom is -0.488 e. The van der Waals surface area contributed by atoms with Crippen molar-refractivity contribution in [3.63, 3.8) is 0 Å². The van der Waals surface area contributed by atoms with Crippen LogP contribution in [0.2, 0.25) is 0 Å². The Bertz CT molecular complexity index is 1360. The first-order valence-electron chi connectivity index (χ1n) is 15.9. The van der Waals surface area contributed by atoms with Crippen molar-refractivity contribution in [3.8, 4) is 5.75 Å². The topological polar surface area (TPSA) is 146 Å². The molecular formula is C35H49N5O6. The molecule has 11 nitrogen and oxygen atoms in total. The number of benzene rings is 2. The van der Waals surface area contributed by atoms with E-state index in [4.69, 9.17) is 4.74 Å². The third-order valence-electron chi connectivity index (χ3n) is 7.77. The zero-order chi connectivity index (χ0) is 34.0.